The summed E-state index contributed by atoms with van der Waals surface area (Å²) >= 11 is 0. The van der Waals surface area contributed by atoms with Crippen molar-refractivity contribution in [2.45, 2.75) is 73.6 Å². The first-order valence-electron chi connectivity index (χ1n) is 10.1. The molecule has 1 unspecified atom stereocenters. The van der Waals surface area contributed by atoms with Crippen LogP contribution in [0.2, 0.25) is 0 Å². The largest absolute Gasteiger partial charge is 0.389 e. The first-order chi connectivity index (χ1) is 12.7. The standard InChI is InChI=1S/C13H25N.C9H9N.C3H6/c1-5-13(4)8-6-7-12(9-13)10-14-11(2)3;1-7-3-4-9(6-10)5-8(7)2;1-3-2/h12,14H,2,5-10H2,1,3-4H3;3-5H,1-2H3;3H,1H2,2H3/t12?,13-;;/m0../s1. The molecule has 1 N–H and O–H groups in total. The maximum Gasteiger partial charge on any atom is 0.0991 e. The van der Waals surface area contributed by atoms with Crippen LogP contribution in [0, 0.1) is 36.5 Å². The monoisotopic (exact) mass is 368 g/mol. The van der Waals surface area contributed by atoms with Crippen molar-refractivity contribution in [1.29, 1.82) is 5.26 Å². The zero-order valence-corrected chi connectivity index (χ0v) is 18.5. The van der Waals surface area contributed by atoms with Gasteiger partial charge in [-0.15, -0.1) is 6.58 Å². The average Bonchev–Trinajstić information content (AvgIpc) is 2.64. The van der Waals surface area contributed by atoms with E-state index in [1.165, 1.54) is 43.2 Å². The van der Waals surface area contributed by atoms with Gasteiger partial charge in [-0.1, -0.05) is 45.4 Å². The van der Waals surface area contributed by atoms with E-state index < -0.39 is 0 Å². The number of hydrogen-bond donors (Lipinski definition) is 1. The van der Waals surface area contributed by atoms with E-state index in [1.807, 2.05) is 45.9 Å². The fourth-order valence-corrected chi connectivity index (χ4v) is 3.34. The molecule has 2 nitrogen and oxygen atoms in total. The second-order valence-corrected chi connectivity index (χ2v) is 8.11. The molecule has 0 bridgehead atoms. The van der Waals surface area contributed by atoms with Gasteiger partial charge < -0.3 is 5.32 Å². The average molecular weight is 369 g/mol. The van der Waals surface area contributed by atoms with Crippen molar-refractivity contribution in [3.05, 3.63) is 59.8 Å². The Balaban J connectivity index is 0.000000455. The minimum absolute atomic E-state index is 0.611. The molecular formula is C25H40N2. The van der Waals surface area contributed by atoms with E-state index in [0.29, 0.717) is 5.41 Å². The highest BCUT2D eigenvalue weighted by Gasteiger charge is 2.30. The molecule has 2 atom stereocenters. The molecule has 1 aromatic carbocycles. The molecule has 2 rings (SSSR count). The first kappa shape index (κ1) is 25.0. The second-order valence-electron chi connectivity index (χ2n) is 8.11. The van der Waals surface area contributed by atoms with Gasteiger partial charge in [-0.3, -0.25) is 0 Å². The Bertz CT molecular complexity index is 624. The molecule has 2 heteroatoms. The molecule has 1 aromatic rings. The molecule has 0 aliphatic heterocycles. The molecule has 1 aliphatic carbocycles. The lowest BCUT2D eigenvalue weighted by Gasteiger charge is -2.37. The van der Waals surface area contributed by atoms with Crippen LogP contribution in [-0.2, 0) is 0 Å². The van der Waals surface area contributed by atoms with Gasteiger partial charge in [0.15, 0.2) is 0 Å². The lowest BCUT2D eigenvalue weighted by atomic mass is 9.69. The van der Waals surface area contributed by atoms with Gasteiger partial charge >= 0.3 is 0 Å². The van der Waals surface area contributed by atoms with Gasteiger partial charge in [0.2, 0.25) is 0 Å². The van der Waals surface area contributed by atoms with Crippen LogP contribution in [0.1, 0.15) is 76.5 Å². The quantitative estimate of drug-likeness (QED) is 0.576. The Morgan fingerprint density at radius 3 is 2.48 bits per heavy atom. The number of aryl methyl sites for hydroxylation is 2. The summed E-state index contributed by atoms with van der Waals surface area (Å²) in [6.07, 6.45) is 8.70. The van der Waals surface area contributed by atoms with Gasteiger partial charge in [0.1, 0.15) is 0 Å². The van der Waals surface area contributed by atoms with Crippen molar-refractivity contribution in [2.75, 3.05) is 6.54 Å². The minimum Gasteiger partial charge on any atom is -0.389 e. The van der Waals surface area contributed by atoms with Crippen LogP contribution in [0.3, 0.4) is 0 Å². The number of nitrogens with one attached hydrogen (secondary N) is 1. The zero-order valence-electron chi connectivity index (χ0n) is 18.5. The maximum atomic E-state index is 8.50. The molecule has 1 aliphatic rings. The molecule has 27 heavy (non-hydrogen) atoms. The number of rotatable bonds is 4. The van der Waals surface area contributed by atoms with Crippen molar-refractivity contribution < 1.29 is 0 Å². The Labute approximate surface area is 168 Å². The normalized spacial score (nSPS) is 20.7. The van der Waals surface area contributed by atoms with Crippen LogP contribution in [0.15, 0.2) is 43.1 Å². The van der Waals surface area contributed by atoms with Gasteiger partial charge in [0, 0.05) is 12.2 Å². The van der Waals surface area contributed by atoms with Crippen LogP contribution >= 0.6 is 0 Å². The van der Waals surface area contributed by atoms with E-state index in [1.54, 1.807) is 6.08 Å². The molecule has 0 spiro atoms. The summed E-state index contributed by atoms with van der Waals surface area (Å²) in [5, 5.41) is 11.9. The van der Waals surface area contributed by atoms with Gasteiger partial charge in [0.25, 0.3) is 0 Å². The van der Waals surface area contributed by atoms with Crippen molar-refractivity contribution in [3.63, 3.8) is 0 Å². The van der Waals surface area contributed by atoms with Gasteiger partial charge in [-0.25, -0.2) is 0 Å². The van der Waals surface area contributed by atoms with Crippen LogP contribution in [-0.4, -0.2) is 6.54 Å². The lowest BCUT2D eigenvalue weighted by molar-refractivity contribution is 0.153. The molecule has 1 saturated carbocycles. The summed E-state index contributed by atoms with van der Waals surface area (Å²) in [7, 11) is 0. The number of benzene rings is 1. The van der Waals surface area contributed by atoms with E-state index in [0.717, 1.165) is 23.7 Å². The summed E-state index contributed by atoms with van der Waals surface area (Å²) in [6, 6.07) is 7.79. The topological polar surface area (TPSA) is 35.8 Å². The third-order valence-corrected chi connectivity index (χ3v) is 5.36. The Morgan fingerprint density at radius 2 is 2.00 bits per heavy atom. The van der Waals surface area contributed by atoms with Gasteiger partial charge in [0.05, 0.1) is 11.6 Å². The molecule has 0 radical (unpaired) electrons. The molecule has 1 fully saturated rings. The van der Waals surface area contributed by atoms with Crippen molar-refractivity contribution in [2.24, 2.45) is 11.3 Å². The van der Waals surface area contributed by atoms with Crippen molar-refractivity contribution >= 4 is 0 Å². The number of nitrogens with zero attached hydrogens (tertiary/aromatic N) is 1. The summed E-state index contributed by atoms with van der Waals surface area (Å²) in [6.45, 7) is 21.1. The molecule has 0 aromatic heterocycles. The third-order valence-electron chi connectivity index (χ3n) is 5.36. The summed E-state index contributed by atoms with van der Waals surface area (Å²) < 4.78 is 0. The van der Waals surface area contributed by atoms with Crippen molar-refractivity contribution in [3.8, 4) is 6.07 Å². The molecule has 0 heterocycles. The van der Waals surface area contributed by atoms with Crippen LogP contribution in [0.5, 0.6) is 0 Å². The van der Waals surface area contributed by atoms with Crippen molar-refractivity contribution in [1.82, 2.24) is 5.32 Å². The summed E-state index contributed by atoms with van der Waals surface area (Å²) in [5.41, 5.74) is 4.87. The van der Waals surface area contributed by atoms with E-state index in [4.69, 9.17) is 5.26 Å². The molecule has 0 amide bonds. The fraction of sp³-hybridized carbons (Fsp3) is 0.560. The fourth-order valence-electron chi connectivity index (χ4n) is 3.34. The second kappa shape index (κ2) is 13.2. The Morgan fingerprint density at radius 1 is 1.37 bits per heavy atom. The smallest absolute Gasteiger partial charge is 0.0991 e. The SMILES string of the molecule is C=C(C)NCC1CCC[C@](C)(CC)C1.C=CC.Cc1ccc(C#N)cc1C. The Kier molecular flexibility index (Phi) is 12.2. The van der Waals surface area contributed by atoms with E-state index in [9.17, 15) is 0 Å². The van der Waals surface area contributed by atoms with Gasteiger partial charge in [-0.05, 0) is 81.5 Å². The molecule has 150 valence electrons. The molecule has 0 saturated heterocycles. The maximum absolute atomic E-state index is 8.50. The summed E-state index contributed by atoms with van der Waals surface area (Å²) in [5.74, 6) is 0.866. The first-order valence-corrected chi connectivity index (χ1v) is 10.1. The highest BCUT2D eigenvalue weighted by molar-refractivity contribution is 5.36. The highest BCUT2D eigenvalue weighted by Crippen LogP contribution is 2.41. The number of hydrogen-bond acceptors (Lipinski definition) is 2. The lowest BCUT2D eigenvalue weighted by Crippen LogP contribution is -2.31. The predicted molar refractivity (Wildman–Crippen MR) is 120 cm³/mol. The minimum atomic E-state index is 0.611. The zero-order chi connectivity index (χ0) is 20.9. The summed E-state index contributed by atoms with van der Waals surface area (Å²) in [4.78, 5) is 0. The van der Waals surface area contributed by atoms with Crippen LogP contribution < -0.4 is 5.32 Å². The predicted octanol–water partition coefficient (Wildman–Crippen LogP) is 7.08. The van der Waals surface area contributed by atoms with Crippen LogP contribution in [0.4, 0.5) is 0 Å². The van der Waals surface area contributed by atoms with Gasteiger partial charge in [-0.2, -0.15) is 5.26 Å². The molecular weight excluding hydrogens is 328 g/mol. The van der Waals surface area contributed by atoms with E-state index in [-0.39, 0.29) is 0 Å². The third kappa shape index (κ3) is 10.7. The number of allylic oxidation sites excluding steroid dienone is 2. The highest BCUT2D eigenvalue weighted by atomic mass is 14.9. The van der Waals surface area contributed by atoms with E-state index in [2.05, 4.69) is 38.4 Å². The number of nitriles is 1. The van der Waals surface area contributed by atoms with E-state index >= 15 is 0 Å². The van der Waals surface area contributed by atoms with Crippen LogP contribution in [0.25, 0.3) is 0 Å². The Hall–Kier alpha value is -2.01.